The van der Waals surface area contributed by atoms with E-state index in [0.717, 1.165) is 18.9 Å². The molecule has 0 aliphatic carbocycles. The molecule has 0 aliphatic heterocycles. The van der Waals surface area contributed by atoms with Crippen molar-refractivity contribution in [2.45, 2.75) is 26.8 Å². The van der Waals surface area contributed by atoms with Crippen LogP contribution in [-0.2, 0) is 0 Å². The van der Waals surface area contributed by atoms with Crippen molar-refractivity contribution in [1.82, 2.24) is 10.3 Å². The van der Waals surface area contributed by atoms with Gasteiger partial charge in [0.1, 0.15) is 5.82 Å². The molecule has 0 spiro atoms. The molecule has 3 nitrogen and oxygen atoms in total. The lowest BCUT2D eigenvalue weighted by Gasteiger charge is -2.22. The lowest BCUT2D eigenvalue weighted by Crippen LogP contribution is -2.24. The van der Waals surface area contributed by atoms with Crippen LogP contribution in [0.25, 0.3) is 0 Å². The van der Waals surface area contributed by atoms with Crippen LogP contribution < -0.4 is 10.2 Å². The van der Waals surface area contributed by atoms with Crippen LogP contribution in [-0.4, -0.2) is 25.1 Å². The fraction of sp³-hybridized carbons (Fsp3) is 0.583. The van der Waals surface area contributed by atoms with E-state index in [4.69, 9.17) is 0 Å². The van der Waals surface area contributed by atoms with Gasteiger partial charge in [0.25, 0.3) is 0 Å². The van der Waals surface area contributed by atoms with Gasteiger partial charge < -0.3 is 10.2 Å². The van der Waals surface area contributed by atoms with Crippen LogP contribution in [0.1, 0.15) is 32.4 Å². The van der Waals surface area contributed by atoms with E-state index in [0.29, 0.717) is 6.04 Å². The number of nitrogens with one attached hydrogen (secondary N) is 1. The summed E-state index contributed by atoms with van der Waals surface area (Å²) in [5.41, 5.74) is 1.27. The molecule has 1 unspecified atom stereocenters. The van der Waals surface area contributed by atoms with Gasteiger partial charge in [0, 0.05) is 31.4 Å². The molecule has 1 N–H and O–H groups in total. The van der Waals surface area contributed by atoms with Crippen molar-refractivity contribution in [2.75, 3.05) is 25.0 Å². The molecule has 84 valence electrons. The smallest absolute Gasteiger partial charge is 0.133 e. The van der Waals surface area contributed by atoms with Crippen molar-refractivity contribution in [3.8, 4) is 0 Å². The second kappa shape index (κ2) is 5.71. The number of hydrogen-bond donors (Lipinski definition) is 1. The molecule has 0 radical (unpaired) electrons. The topological polar surface area (TPSA) is 28.2 Å². The molecule has 15 heavy (non-hydrogen) atoms. The van der Waals surface area contributed by atoms with Gasteiger partial charge in [0.2, 0.25) is 0 Å². The van der Waals surface area contributed by atoms with Gasteiger partial charge in [-0.1, -0.05) is 13.0 Å². The molecule has 0 aliphatic rings. The molecule has 1 rings (SSSR count). The van der Waals surface area contributed by atoms with E-state index in [1.807, 2.05) is 12.3 Å². The van der Waals surface area contributed by atoms with Crippen molar-refractivity contribution in [1.29, 1.82) is 0 Å². The van der Waals surface area contributed by atoms with E-state index in [9.17, 15) is 0 Å². The SMILES string of the molecule is CCNC(C)c1cccnc1N(C)CC. The molecule has 1 heterocycles. The Balaban J connectivity index is 2.95. The van der Waals surface area contributed by atoms with E-state index in [1.54, 1.807) is 0 Å². The summed E-state index contributed by atoms with van der Waals surface area (Å²) in [6.07, 6.45) is 1.85. The van der Waals surface area contributed by atoms with Crippen molar-refractivity contribution < 1.29 is 0 Å². The van der Waals surface area contributed by atoms with Crippen LogP contribution in [0, 0.1) is 0 Å². The Bertz CT molecular complexity index is 299. The van der Waals surface area contributed by atoms with Gasteiger partial charge in [-0.3, -0.25) is 0 Å². The molecular weight excluding hydrogens is 186 g/mol. The molecule has 0 aromatic carbocycles. The van der Waals surface area contributed by atoms with E-state index >= 15 is 0 Å². The second-order valence-electron chi connectivity index (χ2n) is 3.71. The van der Waals surface area contributed by atoms with Gasteiger partial charge in [-0.15, -0.1) is 0 Å². The highest BCUT2D eigenvalue weighted by Crippen LogP contribution is 2.22. The second-order valence-corrected chi connectivity index (χ2v) is 3.71. The molecule has 0 amide bonds. The Kier molecular flexibility index (Phi) is 4.56. The molecule has 0 bridgehead atoms. The summed E-state index contributed by atoms with van der Waals surface area (Å²) in [5.74, 6) is 1.08. The van der Waals surface area contributed by atoms with Gasteiger partial charge in [-0.05, 0) is 26.5 Å². The minimum atomic E-state index is 0.354. The van der Waals surface area contributed by atoms with Crippen LogP contribution in [0.15, 0.2) is 18.3 Å². The number of anilines is 1. The maximum Gasteiger partial charge on any atom is 0.133 e. The predicted octanol–water partition coefficient (Wildman–Crippen LogP) is 2.21. The first-order valence-corrected chi connectivity index (χ1v) is 5.60. The summed E-state index contributed by atoms with van der Waals surface area (Å²) < 4.78 is 0. The first-order chi connectivity index (χ1) is 7.20. The number of rotatable bonds is 5. The molecule has 1 aromatic heterocycles. The number of aromatic nitrogens is 1. The first kappa shape index (κ1) is 12.0. The van der Waals surface area contributed by atoms with Crippen molar-refractivity contribution in [2.24, 2.45) is 0 Å². The standard InChI is InChI=1S/C12H21N3/c1-5-13-10(3)11-8-7-9-14-12(11)15(4)6-2/h7-10,13H,5-6H2,1-4H3. The fourth-order valence-corrected chi connectivity index (χ4v) is 1.63. The third-order valence-electron chi connectivity index (χ3n) is 2.63. The Morgan fingerprint density at radius 2 is 2.20 bits per heavy atom. The van der Waals surface area contributed by atoms with Gasteiger partial charge in [0.15, 0.2) is 0 Å². The Labute approximate surface area is 92.5 Å². The molecule has 0 saturated carbocycles. The maximum atomic E-state index is 4.44. The Morgan fingerprint density at radius 1 is 1.47 bits per heavy atom. The third-order valence-corrected chi connectivity index (χ3v) is 2.63. The van der Waals surface area contributed by atoms with Crippen molar-refractivity contribution in [3.63, 3.8) is 0 Å². The van der Waals surface area contributed by atoms with E-state index in [1.165, 1.54) is 5.56 Å². The summed E-state index contributed by atoms with van der Waals surface area (Å²) in [6, 6.07) is 4.49. The first-order valence-electron chi connectivity index (χ1n) is 5.60. The minimum absolute atomic E-state index is 0.354. The summed E-state index contributed by atoms with van der Waals surface area (Å²) in [6.45, 7) is 8.38. The Morgan fingerprint density at radius 3 is 2.80 bits per heavy atom. The normalized spacial score (nSPS) is 12.5. The van der Waals surface area contributed by atoms with E-state index in [2.05, 4.69) is 49.1 Å². The van der Waals surface area contributed by atoms with Crippen molar-refractivity contribution >= 4 is 5.82 Å². The van der Waals surface area contributed by atoms with Crippen LogP contribution in [0.2, 0.25) is 0 Å². The number of hydrogen-bond acceptors (Lipinski definition) is 3. The fourth-order valence-electron chi connectivity index (χ4n) is 1.63. The van der Waals surface area contributed by atoms with Crippen LogP contribution in [0.4, 0.5) is 5.82 Å². The highest BCUT2D eigenvalue weighted by Gasteiger charge is 2.12. The number of nitrogens with zero attached hydrogens (tertiary/aromatic N) is 2. The largest absolute Gasteiger partial charge is 0.360 e. The molecule has 1 aromatic rings. The van der Waals surface area contributed by atoms with Crippen LogP contribution >= 0.6 is 0 Å². The predicted molar refractivity (Wildman–Crippen MR) is 65.3 cm³/mol. The average Bonchev–Trinajstić information content (AvgIpc) is 2.28. The van der Waals surface area contributed by atoms with Gasteiger partial charge >= 0.3 is 0 Å². The Hall–Kier alpha value is -1.09. The van der Waals surface area contributed by atoms with Crippen LogP contribution in [0.3, 0.4) is 0 Å². The zero-order chi connectivity index (χ0) is 11.3. The summed E-state index contributed by atoms with van der Waals surface area (Å²) >= 11 is 0. The molecule has 0 fully saturated rings. The lowest BCUT2D eigenvalue weighted by atomic mass is 10.1. The molecule has 3 heteroatoms. The third kappa shape index (κ3) is 2.93. The summed E-state index contributed by atoms with van der Waals surface area (Å²) in [7, 11) is 2.07. The highest BCUT2D eigenvalue weighted by atomic mass is 15.2. The maximum absolute atomic E-state index is 4.44. The van der Waals surface area contributed by atoms with Gasteiger partial charge in [-0.2, -0.15) is 0 Å². The zero-order valence-electron chi connectivity index (χ0n) is 10.1. The van der Waals surface area contributed by atoms with Gasteiger partial charge in [-0.25, -0.2) is 4.98 Å². The number of pyridine rings is 1. The molecule has 0 saturated heterocycles. The lowest BCUT2D eigenvalue weighted by molar-refractivity contribution is 0.595. The average molecular weight is 207 g/mol. The minimum Gasteiger partial charge on any atom is -0.360 e. The molecule has 1 atom stereocenters. The quantitative estimate of drug-likeness (QED) is 0.802. The summed E-state index contributed by atoms with van der Waals surface area (Å²) in [5, 5.41) is 3.41. The monoisotopic (exact) mass is 207 g/mol. The summed E-state index contributed by atoms with van der Waals surface area (Å²) in [4.78, 5) is 6.61. The molecular formula is C12H21N3. The van der Waals surface area contributed by atoms with E-state index < -0.39 is 0 Å². The van der Waals surface area contributed by atoms with Crippen LogP contribution in [0.5, 0.6) is 0 Å². The van der Waals surface area contributed by atoms with E-state index in [-0.39, 0.29) is 0 Å². The zero-order valence-corrected chi connectivity index (χ0v) is 10.1. The highest BCUT2D eigenvalue weighted by molar-refractivity contribution is 5.47. The van der Waals surface area contributed by atoms with Gasteiger partial charge in [0.05, 0.1) is 0 Å². The van der Waals surface area contributed by atoms with Crippen molar-refractivity contribution in [3.05, 3.63) is 23.9 Å².